The number of alkyl halides is 3. The maximum atomic E-state index is 12.5. The van der Waals surface area contributed by atoms with Crippen LogP contribution in [0.4, 0.5) is 8.78 Å². The zero-order chi connectivity index (χ0) is 12.9. The van der Waals surface area contributed by atoms with E-state index >= 15 is 0 Å². The molecule has 3 nitrogen and oxygen atoms in total. The van der Waals surface area contributed by atoms with Gasteiger partial charge in [0.1, 0.15) is 5.88 Å². The number of methoxy groups -OCH3 is 1. The average Bonchev–Trinajstić information content (AvgIpc) is 2.36. The molecule has 0 aromatic carbocycles. The molecule has 0 bridgehead atoms. The van der Waals surface area contributed by atoms with Crippen molar-refractivity contribution >= 4 is 17.5 Å². The second-order valence-corrected chi connectivity index (χ2v) is 4.74. The van der Waals surface area contributed by atoms with Gasteiger partial charge in [-0.3, -0.25) is 4.79 Å². The molecule has 0 radical (unpaired) electrons. The van der Waals surface area contributed by atoms with Crippen LogP contribution in [0.2, 0.25) is 0 Å². The van der Waals surface area contributed by atoms with E-state index in [0.29, 0.717) is 32.2 Å². The van der Waals surface area contributed by atoms with Gasteiger partial charge in [0.15, 0.2) is 0 Å². The molecule has 0 atom stereocenters. The molecule has 0 aromatic heterocycles. The SMILES string of the molecule is COC1(CNC(=O)CCl)CCC(C(F)F)CC1. The molecular formula is C11H18ClF2NO2. The molecule has 0 aliphatic heterocycles. The first-order valence-electron chi connectivity index (χ1n) is 5.69. The fourth-order valence-corrected chi connectivity index (χ4v) is 2.27. The second kappa shape index (κ2) is 6.50. The maximum absolute atomic E-state index is 12.5. The summed E-state index contributed by atoms with van der Waals surface area (Å²) in [5.41, 5.74) is -0.507. The third-order valence-electron chi connectivity index (χ3n) is 3.46. The van der Waals surface area contributed by atoms with Gasteiger partial charge in [0.25, 0.3) is 0 Å². The van der Waals surface area contributed by atoms with Crippen molar-refractivity contribution in [3.8, 4) is 0 Å². The topological polar surface area (TPSA) is 38.3 Å². The fraction of sp³-hybridized carbons (Fsp3) is 0.909. The molecule has 1 rings (SSSR count). The van der Waals surface area contributed by atoms with Crippen LogP contribution in [0.15, 0.2) is 0 Å². The van der Waals surface area contributed by atoms with Gasteiger partial charge in [-0.25, -0.2) is 8.78 Å². The number of nitrogens with one attached hydrogen (secondary N) is 1. The minimum atomic E-state index is -2.26. The van der Waals surface area contributed by atoms with Gasteiger partial charge in [-0.05, 0) is 25.7 Å². The average molecular weight is 270 g/mol. The van der Waals surface area contributed by atoms with E-state index in [4.69, 9.17) is 16.3 Å². The maximum Gasteiger partial charge on any atom is 0.241 e. The summed E-state index contributed by atoms with van der Waals surface area (Å²) in [6.07, 6.45) is -0.311. The van der Waals surface area contributed by atoms with Crippen molar-refractivity contribution in [2.75, 3.05) is 19.5 Å². The number of ether oxygens (including phenoxy) is 1. The Labute approximate surface area is 105 Å². The van der Waals surface area contributed by atoms with Crippen LogP contribution in [0.25, 0.3) is 0 Å². The van der Waals surface area contributed by atoms with Crippen LogP contribution in [0, 0.1) is 5.92 Å². The van der Waals surface area contributed by atoms with Gasteiger partial charge >= 0.3 is 0 Å². The van der Waals surface area contributed by atoms with Crippen LogP contribution in [-0.4, -0.2) is 37.5 Å². The summed E-state index contributed by atoms with van der Waals surface area (Å²) in [6, 6.07) is 0. The highest BCUT2D eigenvalue weighted by molar-refractivity contribution is 6.27. The number of carbonyl (C=O) groups is 1. The predicted octanol–water partition coefficient (Wildman–Crippen LogP) is 2.18. The van der Waals surface area contributed by atoms with Crippen LogP contribution >= 0.6 is 11.6 Å². The summed E-state index contributed by atoms with van der Waals surface area (Å²) in [4.78, 5) is 11.1. The lowest BCUT2D eigenvalue weighted by atomic mass is 9.78. The van der Waals surface area contributed by atoms with Gasteiger partial charge in [-0.2, -0.15) is 0 Å². The van der Waals surface area contributed by atoms with E-state index in [0.717, 1.165) is 0 Å². The quantitative estimate of drug-likeness (QED) is 0.777. The largest absolute Gasteiger partial charge is 0.376 e. The molecule has 100 valence electrons. The highest BCUT2D eigenvalue weighted by Gasteiger charge is 2.38. The Morgan fingerprint density at radius 3 is 2.53 bits per heavy atom. The summed E-state index contributed by atoms with van der Waals surface area (Å²) in [6.45, 7) is 0.338. The van der Waals surface area contributed by atoms with Gasteiger partial charge in [0.05, 0.1) is 5.60 Å². The van der Waals surface area contributed by atoms with E-state index in [9.17, 15) is 13.6 Å². The highest BCUT2D eigenvalue weighted by atomic mass is 35.5. The first-order chi connectivity index (χ1) is 8.03. The van der Waals surface area contributed by atoms with Gasteiger partial charge in [0.2, 0.25) is 12.3 Å². The van der Waals surface area contributed by atoms with Crippen molar-refractivity contribution < 1.29 is 18.3 Å². The molecule has 0 saturated heterocycles. The molecule has 1 amide bonds. The normalized spacial score (nSPS) is 29.4. The van der Waals surface area contributed by atoms with E-state index in [1.165, 1.54) is 0 Å². The smallest absolute Gasteiger partial charge is 0.241 e. The first kappa shape index (κ1) is 14.6. The molecule has 6 heteroatoms. The number of rotatable bonds is 5. The number of carbonyl (C=O) groups excluding carboxylic acids is 1. The van der Waals surface area contributed by atoms with Gasteiger partial charge in [-0.1, -0.05) is 0 Å². The minimum Gasteiger partial charge on any atom is -0.376 e. The molecule has 1 fully saturated rings. The third-order valence-corrected chi connectivity index (χ3v) is 3.70. The molecule has 0 unspecified atom stereocenters. The molecule has 1 aliphatic rings. The lowest BCUT2D eigenvalue weighted by Gasteiger charge is -2.39. The van der Waals surface area contributed by atoms with Crippen molar-refractivity contribution in [2.45, 2.75) is 37.7 Å². The Hall–Kier alpha value is -0.420. The van der Waals surface area contributed by atoms with E-state index in [2.05, 4.69) is 5.32 Å². The van der Waals surface area contributed by atoms with Gasteiger partial charge in [-0.15, -0.1) is 11.6 Å². The summed E-state index contributed by atoms with van der Waals surface area (Å²) >= 11 is 5.37. The predicted molar refractivity (Wildman–Crippen MR) is 61.4 cm³/mol. The van der Waals surface area contributed by atoms with Crippen molar-refractivity contribution in [2.24, 2.45) is 5.92 Å². The second-order valence-electron chi connectivity index (χ2n) is 4.47. The third kappa shape index (κ3) is 4.07. The van der Waals surface area contributed by atoms with E-state index in [1.807, 2.05) is 0 Å². The van der Waals surface area contributed by atoms with Crippen molar-refractivity contribution in [1.82, 2.24) is 5.32 Å². The number of halogens is 3. The first-order valence-corrected chi connectivity index (χ1v) is 6.22. The Morgan fingerprint density at radius 2 is 2.12 bits per heavy atom. The van der Waals surface area contributed by atoms with Crippen LogP contribution in [0.3, 0.4) is 0 Å². The molecule has 17 heavy (non-hydrogen) atoms. The van der Waals surface area contributed by atoms with Crippen LogP contribution < -0.4 is 5.32 Å². The van der Waals surface area contributed by atoms with E-state index in [1.54, 1.807) is 7.11 Å². The number of hydrogen-bond acceptors (Lipinski definition) is 2. The summed E-state index contributed by atoms with van der Waals surface area (Å²) in [7, 11) is 1.55. The van der Waals surface area contributed by atoms with Gasteiger partial charge < -0.3 is 10.1 Å². The molecule has 0 heterocycles. The summed E-state index contributed by atoms with van der Waals surface area (Å²) in [5.74, 6) is -0.902. The standard InChI is InChI=1S/C11H18ClF2NO2/c1-17-11(7-15-9(16)6-12)4-2-8(3-5-11)10(13)14/h8,10H,2-7H2,1H3,(H,15,16). The zero-order valence-corrected chi connectivity index (χ0v) is 10.6. The molecule has 0 spiro atoms. The lowest BCUT2D eigenvalue weighted by Crippen LogP contribution is -2.47. The zero-order valence-electron chi connectivity index (χ0n) is 9.85. The molecule has 1 N–H and O–H groups in total. The van der Waals surface area contributed by atoms with Crippen LogP contribution in [-0.2, 0) is 9.53 Å². The van der Waals surface area contributed by atoms with Gasteiger partial charge in [0, 0.05) is 19.6 Å². The van der Waals surface area contributed by atoms with E-state index in [-0.39, 0.29) is 11.8 Å². The summed E-state index contributed by atoms with van der Waals surface area (Å²) < 4.78 is 30.4. The van der Waals surface area contributed by atoms with E-state index < -0.39 is 17.9 Å². The minimum absolute atomic E-state index is 0.0978. The van der Waals surface area contributed by atoms with Crippen LogP contribution in [0.5, 0.6) is 0 Å². The fourth-order valence-electron chi connectivity index (χ4n) is 2.18. The number of amides is 1. The van der Waals surface area contributed by atoms with Crippen molar-refractivity contribution in [3.63, 3.8) is 0 Å². The Morgan fingerprint density at radius 1 is 1.53 bits per heavy atom. The molecule has 1 aliphatic carbocycles. The Bertz CT molecular complexity index is 256. The molecule has 0 aromatic rings. The van der Waals surface area contributed by atoms with Crippen LogP contribution in [0.1, 0.15) is 25.7 Å². The van der Waals surface area contributed by atoms with Crippen molar-refractivity contribution in [1.29, 1.82) is 0 Å². The number of hydrogen-bond donors (Lipinski definition) is 1. The Balaban J connectivity index is 2.46. The highest BCUT2D eigenvalue weighted by Crippen LogP contribution is 2.36. The molecule has 1 saturated carbocycles. The molecular weight excluding hydrogens is 252 g/mol. The summed E-state index contributed by atoms with van der Waals surface area (Å²) in [5, 5.41) is 2.65. The lowest BCUT2D eigenvalue weighted by molar-refractivity contribution is -0.121. The monoisotopic (exact) mass is 269 g/mol. The Kier molecular flexibility index (Phi) is 5.59. The van der Waals surface area contributed by atoms with Crippen molar-refractivity contribution in [3.05, 3.63) is 0 Å².